The molecular formula is C12H8Br2N2O. The average Bonchev–Trinajstić information content (AvgIpc) is 2.29. The third-order valence-electron chi connectivity index (χ3n) is 2.15. The molecule has 0 atom stereocenters. The van der Waals surface area contributed by atoms with E-state index in [9.17, 15) is 4.79 Å². The molecule has 0 aliphatic heterocycles. The van der Waals surface area contributed by atoms with Crippen molar-refractivity contribution < 1.29 is 4.79 Å². The summed E-state index contributed by atoms with van der Waals surface area (Å²) in [5.41, 5.74) is 1.31. The Morgan fingerprint density at radius 1 is 1.29 bits per heavy atom. The van der Waals surface area contributed by atoms with Crippen molar-refractivity contribution in [1.29, 1.82) is 0 Å². The lowest BCUT2D eigenvalue weighted by Gasteiger charge is -2.02. The summed E-state index contributed by atoms with van der Waals surface area (Å²) in [5, 5.41) is 0. The van der Waals surface area contributed by atoms with Crippen molar-refractivity contribution in [2.75, 3.05) is 0 Å². The lowest BCUT2D eigenvalue weighted by molar-refractivity contribution is 0.0987. The zero-order valence-corrected chi connectivity index (χ0v) is 11.9. The smallest absolute Gasteiger partial charge is 0.186 e. The number of carbonyl (C=O) groups excluding carboxylic acids is 1. The van der Waals surface area contributed by atoms with E-state index in [2.05, 4.69) is 41.8 Å². The minimum atomic E-state index is -0.0302. The predicted molar refractivity (Wildman–Crippen MR) is 71.9 cm³/mol. The normalized spacial score (nSPS) is 10.2. The first-order valence-corrected chi connectivity index (χ1v) is 6.48. The van der Waals surface area contributed by atoms with E-state index in [0.29, 0.717) is 16.6 Å². The van der Waals surface area contributed by atoms with Crippen LogP contribution in [0, 0.1) is 0 Å². The van der Waals surface area contributed by atoms with Crippen LogP contribution in [0.2, 0.25) is 0 Å². The Morgan fingerprint density at radius 2 is 2.12 bits per heavy atom. The monoisotopic (exact) mass is 354 g/mol. The Bertz CT molecular complexity index is 558. The van der Waals surface area contributed by atoms with Crippen LogP contribution < -0.4 is 0 Å². The van der Waals surface area contributed by atoms with Gasteiger partial charge in [-0.1, -0.05) is 0 Å². The van der Waals surface area contributed by atoms with E-state index in [1.165, 1.54) is 0 Å². The molecule has 0 aliphatic rings. The summed E-state index contributed by atoms with van der Waals surface area (Å²) in [5.74, 6) is -0.0302. The first kappa shape index (κ1) is 12.4. The van der Waals surface area contributed by atoms with Crippen molar-refractivity contribution in [2.24, 2.45) is 0 Å². The Balaban J connectivity index is 2.20. The molecule has 3 nitrogen and oxygen atoms in total. The summed E-state index contributed by atoms with van der Waals surface area (Å²) in [6, 6.07) is 5.46. The second-order valence-corrected chi connectivity index (χ2v) is 5.22. The fraction of sp³-hybridized carbons (Fsp3) is 0.0833. The Labute approximate surface area is 116 Å². The van der Waals surface area contributed by atoms with Crippen LogP contribution in [0.5, 0.6) is 0 Å². The maximum Gasteiger partial charge on any atom is 0.186 e. The third-order valence-corrected chi connectivity index (χ3v) is 3.22. The fourth-order valence-electron chi connectivity index (χ4n) is 1.41. The first-order chi connectivity index (χ1) is 8.16. The fourth-order valence-corrected chi connectivity index (χ4v) is 2.30. The molecule has 0 N–H and O–H groups in total. The molecule has 0 aromatic carbocycles. The van der Waals surface area contributed by atoms with Gasteiger partial charge in [-0.05, 0) is 55.6 Å². The maximum atomic E-state index is 12.0. The number of ketones is 1. The number of nitrogens with zero attached hydrogens (tertiary/aromatic N) is 2. The van der Waals surface area contributed by atoms with Gasteiger partial charge in [0.25, 0.3) is 0 Å². The summed E-state index contributed by atoms with van der Waals surface area (Å²) in [4.78, 5) is 20.1. The molecule has 86 valence electrons. The molecule has 5 heteroatoms. The quantitative estimate of drug-likeness (QED) is 0.792. The standard InChI is InChI=1S/C12H8Br2N2O/c13-9-4-8(6-15-7-9)5-11(17)12-10(14)2-1-3-16-12/h1-4,6-7H,5H2. The van der Waals surface area contributed by atoms with Crippen LogP contribution in [0.1, 0.15) is 16.1 Å². The molecule has 2 aromatic heterocycles. The van der Waals surface area contributed by atoms with Crippen molar-refractivity contribution in [1.82, 2.24) is 9.97 Å². The summed E-state index contributed by atoms with van der Waals surface area (Å²) in [7, 11) is 0. The molecule has 0 saturated heterocycles. The van der Waals surface area contributed by atoms with Gasteiger partial charge in [-0.15, -0.1) is 0 Å². The molecule has 0 saturated carbocycles. The topological polar surface area (TPSA) is 42.9 Å². The molecule has 2 heterocycles. The van der Waals surface area contributed by atoms with E-state index in [-0.39, 0.29) is 5.78 Å². The van der Waals surface area contributed by atoms with Crippen molar-refractivity contribution in [3.8, 4) is 0 Å². The van der Waals surface area contributed by atoms with Crippen LogP contribution in [0.15, 0.2) is 45.7 Å². The van der Waals surface area contributed by atoms with E-state index in [4.69, 9.17) is 0 Å². The zero-order chi connectivity index (χ0) is 12.3. The number of hydrogen-bond acceptors (Lipinski definition) is 3. The highest BCUT2D eigenvalue weighted by Gasteiger charge is 2.12. The number of hydrogen-bond donors (Lipinski definition) is 0. The Hall–Kier alpha value is -1.07. The molecule has 0 fully saturated rings. The van der Waals surface area contributed by atoms with E-state index in [1.54, 1.807) is 30.7 Å². The summed E-state index contributed by atoms with van der Waals surface area (Å²) in [6.07, 6.45) is 5.27. The van der Waals surface area contributed by atoms with Crippen molar-refractivity contribution in [3.63, 3.8) is 0 Å². The molecule has 2 rings (SSSR count). The number of rotatable bonds is 3. The molecular weight excluding hydrogens is 348 g/mol. The van der Waals surface area contributed by atoms with Crippen LogP contribution in [0.3, 0.4) is 0 Å². The molecule has 0 bridgehead atoms. The largest absolute Gasteiger partial charge is 0.292 e. The maximum absolute atomic E-state index is 12.0. The summed E-state index contributed by atoms with van der Waals surface area (Å²) < 4.78 is 1.58. The SMILES string of the molecule is O=C(Cc1cncc(Br)c1)c1ncccc1Br. The predicted octanol–water partition coefficient (Wildman–Crippen LogP) is 3.43. The molecule has 0 aliphatic carbocycles. The van der Waals surface area contributed by atoms with Gasteiger partial charge in [0.05, 0.1) is 0 Å². The van der Waals surface area contributed by atoms with Crippen molar-refractivity contribution in [3.05, 3.63) is 57.0 Å². The number of pyridine rings is 2. The molecule has 2 aromatic rings. The molecule has 17 heavy (non-hydrogen) atoms. The number of carbonyl (C=O) groups is 1. The minimum Gasteiger partial charge on any atom is -0.292 e. The van der Waals surface area contributed by atoms with E-state index < -0.39 is 0 Å². The van der Waals surface area contributed by atoms with Crippen LogP contribution in [0.4, 0.5) is 0 Å². The molecule has 0 spiro atoms. The van der Waals surface area contributed by atoms with Gasteiger partial charge in [0.15, 0.2) is 5.78 Å². The van der Waals surface area contributed by atoms with Gasteiger partial charge >= 0.3 is 0 Å². The molecule has 0 amide bonds. The van der Waals surface area contributed by atoms with E-state index >= 15 is 0 Å². The van der Waals surface area contributed by atoms with Gasteiger partial charge in [-0.3, -0.25) is 14.8 Å². The molecule has 0 unspecified atom stereocenters. The minimum absolute atomic E-state index is 0.0302. The third kappa shape index (κ3) is 3.20. The van der Waals surface area contributed by atoms with Gasteiger partial charge in [-0.25, -0.2) is 0 Å². The number of halogens is 2. The van der Waals surface area contributed by atoms with Crippen LogP contribution in [-0.4, -0.2) is 15.8 Å². The van der Waals surface area contributed by atoms with E-state index in [1.807, 2.05) is 6.07 Å². The van der Waals surface area contributed by atoms with Gasteiger partial charge in [0.2, 0.25) is 0 Å². The zero-order valence-electron chi connectivity index (χ0n) is 8.73. The second-order valence-electron chi connectivity index (χ2n) is 3.45. The van der Waals surface area contributed by atoms with Crippen LogP contribution in [0.25, 0.3) is 0 Å². The van der Waals surface area contributed by atoms with Gasteiger partial charge < -0.3 is 0 Å². The molecule has 0 radical (unpaired) electrons. The lowest BCUT2D eigenvalue weighted by atomic mass is 10.1. The highest BCUT2D eigenvalue weighted by Crippen LogP contribution is 2.17. The van der Waals surface area contributed by atoms with Crippen molar-refractivity contribution >= 4 is 37.6 Å². The Kier molecular flexibility index (Phi) is 4.02. The first-order valence-electron chi connectivity index (χ1n) is 4.90. The van der Waals surface area contributed by atoms with Crippen molar-refractivity contribution in [2.45, 2.75) is 6.42 Å². The second kappa shape index (κ2) is 5.51. The highest BCUT2D eigenvalue weighted by atomic mass is 79.9. The van der Waals surface area contributed by atoms with Gasteiger partial charge in [-0.2, -0.15) is 0 Å². The van der Waals surface area contributed by atoms with Crippen LogP contribution in [-0.2, 0) is 6.42 Å². The lowest BCUT2D eigenvalue weighted by Crippen LogP contribution is -2.07. The summed E-state index contributed by atoms with van der Waals surface area (Å²) >= 11 is 6.64. The van der Waals surface area contributed by atoms with E-state index in [0.717, 1.165) is 10.0 Å². The van der Waals surface area contributed by atoms with Crippen LogP contribution >= 0.6 is 31.9 Å². The summed E-state index contributed by atoms with van der Waals surface area (Å²) in [6.45, 7) is 0. The number of Topliss-reactive ketones (excluding diaryl/α,β-unsaturated/α-hetero) is 1. The van der Waals surface area contributed by atoms with Gasteiger partial charge in [0, 0.05) is 34.0 Å². The highest BCUT2D eigenvalue weighted by molar-refractivity contribution is 9.10. The number of aromatic nitrogens is 2. The average molecular weight is 356 g/mol. The van der Waals surface area contributed by atoms with Gasteiger partial charge in [0.1, 0.15) is 5.69 Å². The Morgan fingerprint density at radius 3 is 2.82 bits per heavy atom.